The van der Waals surface area contributed by atoms with Crippen molar-refractivity contribution in [2.45, 2.75) is 13.0 Å². The second-order valence-electron chi connectivity index (χ2n) is 9.47. The minimum Gasteiger partial charge on any atom is -0.463 e. The first-order valence-corrected chi connectivity index (χ1v) is 14.4. The van der Waals surface area contributed by atoms with E-state index in [2.05, 4.69) is 0 Å². The molecule has 0 aliphatic carbocycles. The number of rotatable bonds is 7. The number of nitro groups is 1. The number of hydrogen-bond acceptors (Lipinski definition) is 8. The third-order valence-electron chi connectivity index (χ3n) is 6.82. The number of hydrogen-bond donors (Lipinski definition) is 0. The van der Waals surface area contributed by atoms with Crippen molar-refractivity contribution in [3.63, 3.8) is 0 Å². The molecular weight excluding hydrogens is 590 g/mol. The van der Waals surface area contributed by atoms with Gasteiger partial charge in [-0.05, 0) is 36.8 Å². The van der Waals surface area contributed by atoms with E-state index in [-0.39, 0.29) is 28.4 Å². The first-order valence-electron chi connectivity index (χ1n) is 13.2. The number of furan rings is 1. The van der Waals surface area contributed by atoms with Crippen molar-refractivity contribution < 1.29 is 18.9 Å². The Kier molecular flexibility index (Phi) is 7.62. The van der Waals surface area contributed by atoms with Gasteiger partial charge in [-0.1, -0.05) is 83.6 Å². The van der Waals surface area contributed by atoms with Gasteiger partial charge in [0.15, 0.2) is 4.80 Å². The van der Waals surface area contributed by atoms with Crippen LogP contribution in [0.3, 0.4) is 0 Å². The Bertz CT molecular complexity index is 2080. The average molecular weight is 612 g/mol. The highest BCUT2D eigenvalue weighted by Gasteiger charge is 2.35. The van der Waals surface area contributed by atoms with Crippen molar-refractivity contribution in [2.75, 3.05) is 6.61 Å². The molecule has 11 heteroatoms. The highest BCUT2D eigenvalue weighted by atomic mass is 35.5. The molecule has 1 atom stereocenters. The predicted octanol–water partition coefficient (Wildman–Crippen LogP) is 5.76. The van der Waals surface area contributed by atoms with Crippen LogP contribution < -0.4 is 14.9 Å². The van der Waals surface area contributed by atoms with Crippen molar-refractivity contribution in [3.8, 4) is 11.3 Å². The van der Waals surface area contributed by atoms with Gasteiger partial charge in [-0.3, -0.25) is 19.5 Å². The molecule has 0 saturated heterocycles. The van der Waals surface area contributed by atoms with Gasteiger partial charge in [-0.15, -0.1) is 0 Å². The fourth-order valence-corrected chi connectivity index (χ4v) is 6.08. The second kappa shape index (κ2) is 11.7. The molecule has 3 heterocycles. The number of thiazole rings is 1. The minimum atomic E-state index is -0.782. The van der Waals surface area contributed by atoms with E-state index in [1.807, 2.05) is 60.7 Å². The van der Waals surface area contributed by atoms with Crippen molar-refractivity contribution in [1.29, 1.82) is 0 Å². The Labute approximate surface area is 253 Å². The highest BCUT2D eigenvalue weighted by Crippen LogP contribution is 2.35. The number of nitro benzene ring substituents is 1. The molecule has 6 rings (SSSR count). The number of benzene rings is 3. The molecule has 5 aromatic rings. The summed E-state index contributed by atoms with van der Waals surface area (Å²) in [6, 6.07) is 25.5. The van der Waals surface area contributed by atoms with Gasteiger partial charge in [0, 0.05) is 23.3 Å². The maximum Gasteiger partial charge on any atom is 0.338 e. The monoisotopic (exact) mass is 611 g/mol. The summed E-state index contributed by atoms with van der Waals surface area (Å²) in [5.74, 6) is 0.180. The van der Waals surface area contributed by atoms with Gasteiger partial charge in [-0.25, -0.2) is 9.79 Å². The van der Waals surface area contributed by atoms with Crippen LogP contribution in [0.2, 0.25) is 5.02 Å². The van der Waals surface area contributed by atoms with Crippen LogP contribution in [0.25, 0.3) is 23.1 Å². The zero-order valence-corrected chi connectivity index (χ0v) is 24.2. The van der Waals surface area contributed by atoms with E-state index in [1.54, 1.807) is 31.2 Å². The molecule has 2 aromatic heterocycles. The quantitative estimate of drug-likeness (QED) is 0.131. The van der Waals surface area contributed by atoms with Crippen LogP contribution in [-0.2, 0) is 9.53 Å². The van der Waals surface area contributed by atoms with E-state index < -0.39 is 16.9 Å². The lowest BCUT2D eigenvalue weighted by molar-refractivity contribution is -0.384. The summed E-state index contributed by atoms with van der Waals surface area (Å²) in [6.45, 7) is 1.89. The zero-order chi connectivity index (χ0) is 30.1. The lowest BCUT2D eigenvalue weighted by atomic mass is 9.93. The Hall–Kier alpha value is -5.06. The molecule has 0 spiro atoms. The molecular formula is C32H22ClN3O6S. The smallest absolute Gasteiger partial charge is 0.338 e. The number of carbonyl (C=O) groups is 1. The van der Waals surface area contributed by atoms with Gasteiger partial charge in [0.1, 0.15) is 16.5 Å². The van der Waals surface area contributed by atoms with Gasteiger partial charge >= 0.3 is 5.97 Å². The maximum absolute atomic E-state index is 14.0. The summed E-state index contributed by atoms with van der Waals surface area (Å²) < 4.78 is 13.3. The summed E-state index contributed by atoms with van der Waals surface area (Å²) >= 11 is 7.12. The van der Waals surface area contributed by atoms with E-state index in [0.717, 1.165) is 11.1 Å². The van der Waals surface area contributed by atoms with E-state index in [9.17, 15) is 19.7 Å². The van der Waals surface area contributed by atoms with E-state index in [1.165, 1.54) is 28.0 Å². The average Bonchev–Trinajstić information content (AvgIpc) is 3.61. The number of aromatic nitrogens is 1. The molecule has 1 aliphatic heterocycles. The summed E-state index contributed by atoms with van der Waals surface area (Å²) in [6.07, 6.45) is 1.59. The molecule has 1 aliphatic rings. The molecule has 0 N–H and O–H groups in total. The first kappa shape index (κ1) is 28.1. The molecule has 0 amide bonds. The number of ether oxygens (including phenoxy) is 1. The van der Waals surface area contributed by atoms with Crippen molar-refractivity contribution >= 4 is 46.4 Å². The molecule has 0 radical (unpaired) electrons. The van der Waals surface area contributed by atoms with Gasteiger partial charge < -0.3 is 9.15 Å². The third kappa shape index (κ3) is 5.33. The van der Waals surface area contributed by atoms with Gasteiger partial charge in [-0.2, -0.15) is 0 Å². The molecule has 3 aromatic carbocycles. The van der Waals surface area contributed by atoms with Gasteiger partial charge in [0.2, 0.25) is 0 Å². The standard InChI is InChI=1S/C32H22ClN3O6S/c1-2-41-31(38)27-28(19-9-5-3-6-10-19)34-32-35(29(27)20-11-7-4-8-12-20)30(37)26(43-32)18-22-14-16-25(42-22)21-13-15-23(33)24(17-21)36(39)40/h3-18,29H,2H2,1H3/b26-18-/t29-/m1/s1. The van der Waals surface area contributed by atoms with Crippen LogP contribution in [0.1, 0.15) is 29.9 Å². The normalized spacial score (nSPS) is 14.7. The van der Waals surface area contributed by atoms with E-state index >= 15 is 0 Å². The lowest BCUT2D eigenvalue weighted by Crippen LogP contribution is -2.39. The summed E-state index contributed by atoms with van der Waals surface area (Å²) in [5.41, 5.74) is 2.02. The maximum atomic E-state index is 14.0. The molecule has 0 bridgehead atoms. The SMILES string of the molecule is CCOC(=O)C1=C(c2ccccc2)N=c2s/c(=C\c3ccc(-c4ccc(Cl)c([N+](=O)[O-])c4)o3)c(=O)n2[C@@H]1c1ccccc1. The molecule has 214 valence electrons. The topological polar surface area (TPSA) is 117 Å². The van der Waals surface area contributed by atoms with Crippen LogP contribution in [0.5, 0.6) is 0 Å². The van der Waals surface area contributed by atoms with Gasteiger partial charge in [0.05, 0.1) is 33.4 Å². The zero-order valence-electron chi connectivity index (χ0n) is 22.6. The fraction of sp³-hybridized carbons (Fsp3) is 0.0938. The highest BCUT2D eigenvalue weighted by molar-refractivity contribution is 7.07. The summed E-state index contributed by atoms with van der Waals surface area (Å²) in [7, 11) is 0. The summed E-state index contributed by atoms with van der Waals surface area (Å²) in [5, 5.41) is 11.4. The predicted molar refractivity (Wildman–Crippen MR) is 163 cm³/mol. The Balaban J connectivity index is 1.52. The number of fused-ring (bicyclic) bond motifs is 1. The molecule has 43 heavy (non-hydrogen) atoms. The Morgan fingerprint density at radius 1 is 1.07 bits per heavy atom. The second-order valence-corrected chi connectivity index (χ2v) is 10.9. The molecule has 9 nitrogen and oxygen atoms in total. The van der Waals surface area contributed by atoms with E-state index in [0.29, 0.717) is 32.1 Å². The Morgan fingerprint density at radius 3 is 2.49 bits per heavy atom. The third-order valence-corrected chi connectivity index (χ3v) is 8.12. The largest absolute Gasteiger partial charge is 0.463 e. The number of carbonyl (C=O) groups excluding carboxylic acids is 1. The Morgan fingerprint density at radius 2 is 1.79 bits per heavy atom. The first-order chi connectivity index (χ1) is 20.9. The number of nitrogens with zero attached hydrogens (tertiary/aromatic N) is 3. The molecule has 0 saturated carbocycles. The van der Waals surface area contributed by atoms with Crippen LogP contribution >= 0.6 is 22.9 Å². The molecule has 0 unspecified atom stereocenters. The van der Waals surface area contributed by atoms with Crippen LogP contribution in [0.15, 0.2) is 111 Å². The lowest BCUT2D eigenvalue weighted by Gasteiger charge is -2.25. The fourth-order valence-electron chi connectivity index (χ4n) is 4.91. The van der Waals surface area contributed by atoms with E-state index in [4.69, 9.17) is 25.7 Å². The van der Waals surface area contributed by atoms with Crippen molar-refractivity contribution in [2.24, 2.45) is 4.99 Å². The van der Waals surface area contributed by atoms with Crippen LogP contribution in [-0.4, -0.2) is 22.1 Å². The number of halogens is 1. The minimum absolute atomic E-state index is 0.0201. The molecule has 0 fully saturated rings. The van der Waals surface area contributed by atoms with Gasteiger partial charge in [0.25, 0.3) is 11.2 Å². The van der Waals surface area contributed by atoms with Crippen molar-refractivity contribution in [3.05, 3.63) is 148 Å². The van der Waals surface area contributed by atoms with Crippen LogP contribution in [0.4, 0.5) is 5.69 Å². The van der Waals surface area contributed by atoms with Crippen LogP contribution in [0, 0.1) is 10.1 Å². The number of esters is 1. The van der Waals surface area contributed by atoms with Crippen molar-refractivity contribution in [1.82, 2.24) is 4.57 Å². The summed E-state index contributed by atoms with van der Waals surface area (Å²) in [4.78, 5) is 43.5.